The van der Waals surface area contributed by atoms with Gasteiger partial charge in [0.25, 0.3) is 5.56 Å². The van der Waals surface area contributed by atoms with Crippen molar-refractivity contribution in [1.82, 2.24) is 19.7 Å². The molecule has 1 aromatic carbocycles. The van der Waals surface area contributed by atoms with E-state index in [9.17, 15) is 13.6 Å². The Morgan fingerprint density at radius 3 is 2.77 bits per heavy atom. The van der Waals surface area contributed by atoms with Crippen molar-refractivity contribution in [3.63, 3.8) is 0 Å². The topological polar surface area (TPSA) is 76.7 Å². The molecule has 0 saturated heterocycles. The van der Waals surface area contributed by atoms with Crippen molar-refractivity contribution in [2.24, 2.45) is 0 Å². The fourth-order valence-corrected chi connectivity index (χ4v) is 2.76. The highest BCUT2D eigenvalue weighted by molar-refractivity contribution is 5.78. The van der Waals surface area contributed by atoms with Crippen LogP contribution in [0.4, 0.5) is 8.78 Å². The van der Waals surface area contributed by atoms with Crippen LogP contribution in [0.5, 0.6) is 0 Å². The first kappa shape index (κ1) is 15.9. The Labute approximate surface area is 145 Å². The molecule has 26 heavy (non-hydrogen) atoms. The molecule has 1 N–H and O–H groups in total. The Kier molecular flexibility index (Phi) is 3.92. The van der Waals surface area contributed by atoms with Crippen LogP contribution in [-0.2, 0) is 6.54 Å². The third-order valence-electron chi connectivity index (χ3n) is 3.92. The Balaban J connectivity index is 1.93. The van der Waals surface area contributed by atoms with Crippen LogP contribution in [0.3, 0.4) is 0 Å². The minimum atomic E-state index is -0.759. The quantitative estimate of drug-likeness (QED) is 0.610. The number of pyridine rings is 1. The zero-order valence-corrected chi connectivity index (χ0v) is 13.3. The van der Waals surface area contributed by atoms with Gasteiger partial charge in [0.05, 0.1) is 29.8 Å². The lowest BCUT2D eigenvalue weighted by molar-refractivity contribution is 0.410. The molecule has 130 valence electrons. The second kappa shape index (κ2) is 6.40. The van der Waals surface area contributed by atoms with Gasteiger partial charge in [-0.25, -0.2) is 13.8 Å². The minimum absolute atomic E-state index is 0.101. The highest BCUT2D eigenvalue weighted by Crippen LogP contribution is 2.31. The third-order valence-corrected chi connectivity index (χ3v) is 3.92. The first-order valence-electron chi connectivity index (χ1n) is 7.71. The van der Waals surface area contributed by atoms with Crippen LogP contribution in [0.25, 0.3) is 22.5 Å². The maximum atomic E-state index is 14.3. The molecular weight excluding hydrogens is 342 g/mol. The molecule has 0 fully saturated rings. The number of imidazole rings is 1. The Morgan fingerprint density at radius 2 is 2.04 bits per heavy atom. The summed E-state index contributed by atoms with van der Waals surface area (Å²) in [5.41, 5.74) is 1.32. The average molecular weight is 354 g/mol. The molecule has 0 amide bonds. The van der Waals surface area contributed by atoms with E-state index in [4.69, 9.17) is 4.52 Å². The van der Waals surface area contributed by atoms with Gasteiger partial charge < -0.3 is 14.1 Å². The molecule has 0 bridgehead atoms. The normalized spacial score (nSPS) is 11.0. The van der Waals surface area contributed by atoms with E-state index in [0.717, 1.165) is 12.1 Å². The summed E-state index contributed by atoms with van der Waals surface area (Å²) >= 11 is 0. The number of halogens is 2. The van der Waals surface area contributed by atoms with Gasteiger partial charge in [-0.05, 0) is 24.3 Å². The average Bonchev–Trinajstić information content (AvgIpc) is 3.26. The summed E-state index contributed by atoms with van der Waals surface area (Å²) in [6.07, 6.45) is 4.42. The first-order chi connectivity index (χ1) is 12.6. The zero-order valence-electron chi connectivity index (χ0n) is 13.3. The Hall–Kier alpha value is -3.55. The SMILES string of the molecule is O=c1[nH]cccc1-c1c(-c2ccc(F)cc2F)ncn1Cc1ccon1. The van der Waals surface area contributed by atoms with Crippen LogP contribution in [-0.4, -0.2) is 19.7 Å². The molecule has 4 aromatic rings. The standard InChI is InChI=1S/C18H12F2N4O2/c19-11-3-4-13(15(20)8-11)16-17(14-2-1-6-21-18(14)25)24(10-22-16)9-12-5-7-26-23-12/h1-8,10H,9H2,(H,21,25). The summed E-state index contributed by atoms with van der Waals surface area (Å²) in [6.45, 7) is 0.274. The molecule has 6 nitrogen and oxygen atoms in total. The summed E-state index contributed by atoms with van der Waals surface area (Å²) in [5.74, 6) is -1.45. The van der Waals surface area contributed by atoms with E-state index in [1.54, 1.807) is 22.8 Å². The molecular formula is C18H12F2N4O2. The van der Waals surface area contributed by atoms with Crippen LogP contribution in [0, 0.1) is 11.6 Å². The summed E-state index contributed by atoms with van der Waals surface area (Å²) in [5, 5.41) is 3.85. The molecule has 0 atom stereocenters. The number of rotatable bonds is 4. The number of benzene rings is 1. The van der Waals surface area contributed by atoms with Crippen LogP contribution in [0.2, 0.25) is 0 Å². The maximum absolute atomic E-state index is 14.3. The monoisotopic (exact) mass is 354 g/mol. The van der Waals surface area contributed by atoms with Gasteiger partial charge in [0.2, 0.25) is 0 Å². The van der Waals surface area contributed by atoms with Gasteiger partial charge in [-0.15, -0.1) is 0 Å². The van der Waals surface area contributed by atoms with E-state index in [0.29, 0.717) is 17.0 Å². The highest BCUT2D eigenvalue weighted by atomic mass is 19.1. The smallest absolute Gasteiger partial charge is 0.257 e. The molecule has 0 saturated carbocycles. The van der Waals surface area contributed by atoms with Crippen molar-refractivity contribution in [3.8, 4) is 22.5 Å². The summed E-state index contributed by atoms with van der Waals surface area (Å²) in [7, 11) is 0. The molecule has 0 spiro atoms. The second-order valence-corrected chi connectivity index (χ2v) is 5.60. The number of nitrogens with zero attached hydrogens (tertiary/aromatic N) is 3. The first-order valence-corrected chi connectivity index (χ1v) is 7.71. The van der Waals surface area contributed by atoms with Crippen molar-refractivity contribution in [3.05, 3.63) is 82.9 Å². The molecule has 0 unspecified atom stereocenters. The van der Waals surface area contributed by atoms with E-state index >= 15 is 0 Å². The molecule has 0 aliphatic rings. The Bertz CT molecular complexity index is 1120. The molecule has 8 heteroatoms. The van der Waals surface area contributed by atoms with Gasteiger partial charge in [-0.1, -0.05) is 5.16 Å². The minimum Gasteiger partial charge on any atom is -0.364 e. The van der Waals surface area contributed by atoms with Gasteiger partial charge in [0.15, 0.2) is 0 Å². The predicted octanol–water partition coefficient (Wildman–Crippen LogP) is 3.22. The van der Waals surface area contributed by atoms with Crippen LogP contribution in [0.1, 0.15) is 5.69 Å². The number of H-pyrrole nitrogens is 1. The zero-order chi connectivity index (χ0) is 18.1. The lowest BCUT2D eigenvalue weighted by atomic mass is 10.0. The number of aromatic amines is 1. The molecule has 4 rings (SSSR count). The van der Waals surface area contributed by atoms with E-state index < -0.39 is 11.6 Å². The van der Waals surface area contributed by atoms with Crippen LogP contribution >= 0.6 is 0 Å². The number of aromatic nitrogens is 4. The van der Waals surface area contributed by atoms with Crippen LogP contribution < -0.4 is 5.56 Å². The van der Waals surface area contributed by atoms with E-state index in [1.165, 1.54) is 24.9 Å². The third kappa shape index (κ3) is 2.81. The van der Waals surface area contributed by atoms with Gasteiger partial charge in [-0.2, -0.15) is 0 Å². The fourth-order valence-electron chi connectivity index (χ4n) is 2.76. The van der Waals surface area contributed by atoms with Crippen molar-refractivity contribution in [2.75, 3.05) is 0 Å². The predicted molar refractivity (Wildman–Crippen MR) is 89.2 cm³/mol. The van der Waals surface area contributed by atoms with Crippen molar-refractivity contribution < 1.29 is 13.3 Å². The highest BCUT2D eigenvalue weighted by Gasteiger charge is 2.20. The molecule has 3 heterocycles. The van der Waals surface area contributed by atoms with Crippen molar-refractivity contribution in [2.45, 2.75) is 6.54 Å². The number of hydrogen-bond acceptors (Lipinski definition) is 4. The molecule has 0 aliphatic carbocycles. The van der Waals surface area contributed by atoms with Crippen LogP contribution in [0.15, 0.2) is 64.5 Å². The van der Waals surface area contributed by atoms with Gasteiger partial charge >= 0.3 is 0 Å². The number of nitrogens with one attached hydrogen (secondary N) is 1. The van der Waals surface area contributed by atoms with E-state index in [1.807, 2.05) is 0 Å². The molecule has 0 aliphatic heterocycles. The molecule has 0 radical (unpaired) electrons. The lowest BCUT2D eigenvalue weighted by Gasteiger charge is -2.09. The molecule has 3 aromatic heterocycles. The Morgan fingerprint density at radius 1 is 1.15 bits per heavy atom. The summed E-state index contributed by atoms with van der Waals surface area (Å²) < 4.78 is 34.1. The second-order valence-electron chi connectivity index (χ2n) is 5.60. The number of hydrogen-bond donors (Lipinski definition) is 1. The van der Waals surface area contributed by atoms with Gasteiger partial charge in [0, 0.05) is 23.9 Å². The summed E-state index contributed by atoms with van der Waals surface area (Å²) in [6, 6.07) is 8.18. The lowest BCUT2D eigenvalue weighted by Crippen LogP contribution is -2.11. The maximum Gasteiger partial charge on any atom is 0.257 e. The van der Waals surface area contributed by atoms with E-state index in [2.05, 4.69) is 15.1 Å². The van der Waals surface area contributed by atoms with Gasteiger partial charge in [0.1, 0.15) is 23.6 Å². The fraction of sp³-hybridized carbons (Fsp3) is 0.0556. The van der Waals surface area contributed by atoms with Crippen molar-refractivity contribution in [1.29, 1.82) is 0 Å². The van der Waals surface area contributed by atoms with E-state index in [-0.39, 0.29) is 23.4 Å². The van der Waals surface area contributed by atoms with Crippen molar-refractivity contribution >= 4 is 0 Å². The van der Waals surface area contributed by atoms with Gasteiger partial charge in [-0.3, -0.25) is 4.79 Å². The largest absolute Gasteiger partial charge is 0.364 e. The summed E-state index contributed by atoms with van der Waals surface area (Å²) in [4.78, 5) is 19.2.